The fourth-order valence-electron chi connectivity index (χ4n) is 4.27. The Kier molecular flexibility index (Phi) is 7.26. The van der Waals surface area contributed by atoms with E-state index >= 15 is 0 Å². The van der Waals surface area contributed by atoms with Crippen molar-refractivity contribution in [1.82, 2.24) is 24.9 Å². The molecule has 152 valence electrons. The van der Waals surface area contributed by atoms with Gasteiger partial charge in [-0.1, -0.05) is 0 Å². The van der Waals surface area contributed by atoms with Gasteiger partial charge in [-0.25, -0.2) is 0 Å². The summed E-state index contributed by atoms with van der Waals surface area (Å²) in [4.78, 5) is 17.0. The molecule has 1 aromatic heterocycles. The molecular formula is C20H35N5O2. The second kappa shape index (κ2) is 9.66. The number of likely N-dealkylation sites (tertiary alicyclic amines) is 1. The first-order valence-corrected chi connectivity index (χ1v) is 10.5. The standard InChI is InChI=1S/C20H35N5O2/c1-16(2)23-11-6-18(7-12-23)24-9-3-10-25-19(15-24)14-17(22-25)4-5-20(27)21-8-13-26/h14,16,18,26H,3-13,15H2,1-2H3,(H,21,27). The Hall–Kier alpha value is -1.44. The smallest absolute Gasteiger partial charge is 0.220 e. The van der Waals surface area contributed by atoms with Crippen LogP contribution >= 0.6 is 0 Å². The van der Waals surface area contributed by atoms with Crippen molar-refractivity contribution >= 4 is 5.91 Å². The molecule has 1 aromatic rings. The summed E-state index contributed by atoms with van der Waals surface area (Å²) in [6, 6.07) is 3.50. The van der Waals surface area contributed by atoms with Crippen LogP contribution in [0.5, 0.6) is 0 Å². The summed E-state index contributed by atoms with van der Waals surface area (Å²) in [6.07, 6.45) is 4.72. The molecule has 0 unspecified atom stereocenters. The average Bonchev–Trinajstić information content (AvgIpc) is 2.95. The molecule has 1 amide bonds. The second-order valence-electron chi connectivity index (χ2n) is 8.11. The highest BCUT2D eigenvalue weighted by molar-refractivity contribution is 5.76. The molecule has 0 spiro atoms. The minimum Gasteiger partial charge on any atom is -0.395 e. The van der Waals surface area contributed by atoms with E-state index in [0.29, 0.717) is 31.5 Å². The van der Waals surface area contributed by atoms with Crippen LogP contribution in [0.25, 0.3) is 0 Å². The largest absolute Gasteiger partial charge is 0.395 e. The maximum absolute atomic E-state index is 11.7. The number of hydrogen-bond donors (Lipinski definition) is 2. The normalized spacial score (nSPS) is 19.9. The Bertz CT molecular complexity index is 608. The molecule has 1 saturated heterocycles. The first kappa shape index (κ1) is 20.3. The molecule has 0 atom stereocenters. The second-order valence-corrected chi connectivity index (χ2v) is 8.11. The van der Waals surface area contributed by atoms with Gasteiger partial charge in [-0.15, -0.1) is 0 Å². The van der Waals surface area contributed by atoms with Gasteiger partial charge >= 0.3 is 0 Å². The molecule has 3 heterocycles. The van der Waals surface area contributed by atoms with Gasteiger partial charge < -0.3 is 15.3 Å². The first-order chi connectivity index (χ1) is 13.1. The molecule has 2 aliphatic rings. The molecule has 2 aliphatic heterocycles. The van der Waals surface area contributed by atoms with Gasteiger partial charge in [0.15, 0.2) is 0 Å². The molecule has 27 heavy (non-hydrogen) atoms. The summed E-state index contributed by atoms with van der Waals surface area (Å²) >= 11 is 0. The third kappa shape index (κ3) is 5.53. The van der Waals surface area contributed by atoms with E-state index in [0.717, 1.165) is 31.7 Å². The number of aromatic nitrogens is 2. The van der Waals surface area contributed by atoms with E-state index in [1.165, 1.54) is 31.6 Å². The average molecular weight is 378 g/mol. The SMILES string of the molecule is CC(C)N1CCC(N2CCCn3nc(CCC(=O)NCCO)cc3C2)CC1. The van der Waals surface area contributed by atoms with Crippen LogP contribution in [-0.2, 0) is 24.3 Å². The number of nitrogens with zero attached hydrogens (tertiary/aromatic N) is 4. The van der Waals surface area contributed by atoms with Crippen molar-refractivity contribution in [3.63, 3.8) is 0 Å². The quantitative estimate of drug-likeness (QED) is 0.742. The number of aliphatic hydroxyl groups is 1. The molecule has 2 N–H and O–H groups in total. The predicted octanol–water partition coefficient (Wildman–Crippen LogP) is 1.00. The number of aliphatic hydroxyl groups excluding tert-OH is 1. The fraction of sp³-hybridized carbons (Fsp3) is 0.800. The highest BCUT2D eigenvalue weighted by atomic mass is 16.3. The number of rotatable bonds is 7. The maximum Gasteiger partial charge on any atom is 0.220 e. The van der Waals surface area contributed by atoms with Crippen molar-refractivity contribution in [3.8, 4) is 0 Å². The zero-order valence-electron chi connectivity index (χ0n) is 16.9. The number of piperidine rings is 1. The molecule has 1 fully saturated rings. The van der Waals surface area contributed by atoms with Gasteiger partial charge in [0.05, 0.1) is 18.0 Å². The summed E-state index contributed by atoms with van der Waals surface area (Å²) in [7, 11) is 0. The molecule has 0 aliphatic carbocycles. The third-order valence-corrected chi connectivity index (χ3v) is 5.88. The van der Waals surface area contributed by atoms with Crippen LogP contribution in [0.15, 0.2) is 6.07 Å². The van der Waals surface area contributed by atoms with E-state index in [-0.39, 0.29) is 12.5 Å². The molecule has 7 heteroatoms. The first-order valence-electron chi connectivity index (χ1n) is 10.5. The van der Waals surface area contributed by atoms with E-state index in [2.05, 4.69) is 39.7 Å². The summed E-state index contributed by atoms with van der Waals surface area (Å²) in [6.45, 7) is 10.4. The lowest BCUT2D eigenvalue weighted by Crippen LogP contribution is -2.46. The number of carbonyl (C=O) groups is 1. The number of carbonyl (C=O) groups excluding carboxylic acids is 1. The molecule has 0 bridgehead atoms. The monoisotopic (exact) mass is 377 g/mol. The van der Waals surface area contributed by atoms with Crippen molar-refractivity contribution in [1.29, 1.82) is 0 Å². The van der Waals surface area contributed by atoms with Gasteiger partial charge in [0.25, 0.3) is 0 Å². The number of nitrogens with one attached hydrogen (secondary N) is 1. The van der Waals surface area contributed by atoms with Crippen molar-refractivity contribution in [2.45, 2.75) is 71.1 Å². The summed E-state index contributed by atoms with van der Waals surface area (Å²) < 4.78 is 2.14. The van der Waals surface area contributed by atoms with Crippen molar-refractivity contribution in [2.24, 2.45) is 0 Å². The summed E-state index contributed by atoms with van der Waals surface area (Å²) in [5.41, 5.74) is 2.28. The number of amides is 1. The lowest BCUT2D eigenvalue weighted by molar-refractivity contribution is -0.121. The minimum absolute atomic E-state index is 0.0174. The van der Waals surface area contributed by atoms with Gasteiger partial charge in [-0.2, -0.15) is 5.10 Å². The van der Waals surface area contributed by atoms with E-state index in [1.54, 1.807) is 0 Å². The Morgan fingerprint density at radius 3 is 2.78 bits per heavy atom. The molecule has 0 aromatic carbocycles. The van der Waals surface area contributed by atoms with Crippen LogP contribution in [0.3, 0.4) is 0 Å². The Morgan fingerprint density at radius 2 is 2.07 bits per heavy atom. The number of fused-ring (bicyclic) bond motifs is 1. The van der Waals surface area contributed by atoms with Gasteiger partial charge in [0.1, 0.15) is 0 Å². The minimum atomic E-state index is -0.0224. The van der Waals surface area contributed by atoms with E-state index in [9.17, 15) is 4.79 Å². The lowest BCUT2D eigenvalue weighted by atomic mass is 10.0. The van der Waals surface area contributed by atoms with E-state index in [1.807, 2.05) is 0 Å². The number of aryl methyl sites for hydroxylation is 2. The zero-order valence-corrected chi connectivity index (χ0v) is 16.9. The zero-order chi connectivity index (χ0) is 19.2. The maximum atomic E-state index is 11.7. The topological polar surface area (TPSA) is 73.6 Å². The Morgan fingerprint density at radius 1 is 1.30 bits per heavy atom. The molecular weight excluding hydrogens is 342 g/mol. The van der Waals surface area contributed by atoms with Crippen LogP contribution < -0.4 is 5.32 Å². The van der Waals surface area contributed by atoms with Crippen LogP contribution in [0.4, 0.5) is 0 Å². The van der Waals surface area contributed by atoms with Crippen molar-refractivity contribution in [2.75, 3.05) is 32.8 Å². The van der Waals surface area contributed by atoms with Crippen LogP contribution in [0.2, 0.25) is 0 Å². The van der Waals surface area contributed by atoms with Gasteiger partial charge in [-0.05, 0) is 52.3 Å². The molecule has 0 saturated carbocycles. The van der Waals surface area contributed by atoms with Crippen LogP contribution in [0.1, 0.15) is 50.9 Å². The fourth-order valence-corrected chi connectivity index (χ4v) is 4.27. The van der Waals surface area contributed by atoms with Crippen molar-refractivity contribution in [3.05, 3.63) is 17.5 Å². The molecule has 7 nitrogen and oxygen atoms in total. The van der Waals surface area contributed by atoms with Gasteiger partial charge in [0.2, 0.25) is 5.91 Å². The van der Waals surface area contributed by atoms with Gasteiger partial charge in [0, 0.05) is 51.1 Å². The summed E-state index contributed by atoms with van der Waals surface area (Å²) in [5, 5.41) is 16.2. The lowest BCUT2D eigenvalue weighted by Gasteiger charge is -2.39. The Balaban J connectivity index is 1.54. The third-order valence-electron chi connectivity index (χ3n) is 5.88. The van der Waals surface area contributed by atoms with Crippen molar-refractivity contribution < 1.29 is 9.90 Å². The summed E-state index contributed by atoms with van der Waals surface area (Å²) in [5.74, 6) is -0.0224. The number of hydrogen-bond acceptors (Lipinski definition) is 5. The van der Waals surface area contributed by atoms with E-state index in [4.69, 9.17) is 10.2 Å². The van der Waals surface area contributed by atoms with E-state index < -0.39 is 0 Å². The highest BCUT2D eigenvalue weighted by Crippen LogP contribution is 2.23. The Labute approximate surface area is 162 Å². The van der Waals surface area contributed by atoms with Crippen LogP contribution in [0, 0.1) is 0 Å². The van der Waals surface area contributed by atoms with Gasteiger partial charge in [-0.3, -0.25) is 14.4 Å². The van der Waals surface area contributed by atoms with Crippen LogP contribution in [-0.4, -0.2) is 75.5 Å². The predicted molar refractivity (Wildman–Crippen MR) is 105 cm³/mol. The molecule has 0 radical (unpaired) electrons. The molecule has 3 rings (SSSR count). The highest BCUT2D eigenvalue weighted by Gasteiger charge is 2.27.